The predicted molar refractivity (Wildman–Crippen MR) is 194 cm³/mol. The number of hydrogen-bond donors (Lipinski definition) is 0. The van der Waals surface area contributed by atoms with Crippen molar-refractivity contribution in [3.05, 3.63) is 170 Å². The molecule has 2 heteroatoms. The van der Waals surface area contributed by atoms with Gasteiger partial charge in [-0.15, -0.1) is 0 Å². The predicted octanol–water partition coefficient (Wildman–Crippen LogP) is 11.8. The molecule has 214 valence electrons. The quantitative estimate of drug-likeness (QED) is 0.206. The van der Waals surface area contributed by atoms with Gasteiger partial charge in [0.1, 0.15) is 0 Å². The van der Waals surface area contributed by atoms with E-state index in [1.54, 1.807) is 0 Å². The zero-order chi connectivity index (χ0) is 30.5. The first-order valence-electron chi connectivity index (χ1n) is 15.6. The molecule has 0 atom stereocenters. The summed E-state index contributed by atoms with van der Waals surface area (Å²) < 4.78 is 0. The highest BCUT2D eigenvalue weighted by atomic mass is 14.7. The molecule has 0 amide bonds. The molecule has 0 unspecified atom stereocenters. The fraction of sp³-hybridized carbons (Fsp3) is 0. The van der Waals surface area contributed by atoms with E-state index in [1.165, 1.54) is 32.7 Å². The molecule has 46 heavy (non-hydrogen) atoms. The Morgan fingerprint density at radius 1 is 0.283 bits per heavy atom. The van der Waals surface area contributed by atoms with Gasteiger partial charge in [-0.05, 0) is 86.3 Å². The summed E-state index contributed by atoms with van der Waals surface area (Å²) in [5.74, 6) is 0. The molecule has 0 N–H and O–H groups in total. The Morgan fingerprint density at radius 3 is 1.57 bits per heavy atom. The van der Waals surface area contributed by atoms with Crippen LogP contribution in [-0.2, 0) is 0 Å². The van der Waals surface area contributed by atoms with Gasteiger partial charge in [0.25, 0.3) is 0 Å². The van der Waals surface area contributed by atoms with Crippen molar-refractivity contribution in [2.75, 3.05) is 0 Å². The van der Waals surface area contributed by atoms with Gasteiger partial charge in [0.05, 0.1) is 22.4 Å². The second-order valence-electron chi connectivity index (χ2n) is 11.9. The Balaban J connectivity index is 1.20. The third-order valence-corrected chi connectivity index (χ3v) is 9.03. The van der Waals surface area contributed by atoms with Gasteiger partial charge in [0.15, 0.2) is 0 Å². The lowest BCUT2D eigenvalue weighted by atomic mass is 9.93. The van der Waals surface area contributed by atoms with Crippen LogP contribution in [0.4, 0.5) is 0 Å². The third kappa shape index (κ3) is 4.68. The first kappa shape index (κ1) is 26.3. The van der Waals surface area contributed by atoms with E-state index in [0.29, 0.717) is 0 Å². The third-order valence-electron chi connectivity index (χ3n) is 9.03. The maximum absolute atomic E-state index is 5.21. The largest absolute Gasteiger partial charge is 0.248 e. The van der Waals surface area contributed by atoms with Crippen molar-refractivity contribution in [1.82, 2.24) is 9.97 Å². The molecule has 0 aliphatic heterocycles. The highest BCUT2D eigenvalue weighted by molar-refractivity contribution is 6.00. The number of aromatic nitrogens is 2. The van der Waals surface area contributed by atoms with Crippen LogP contribution >= 0.6 is 0 Å². The van der Waals surface area contributed by atoms with Gasteiger partial charge in [-0.25, -0.2) is 9.97 Å². The van der Waals surface area contributed by atoms with Crippen LogP contribution < -0.4 is 0 Å². The van der Waals surface area contributed by atoms with Crippen LogP contribution in [0.3, 0.4) is 0 Å². The lowest BCUT2D eigenvalue weighted by molar-refractivity contribution is 1.39. The molecule has 2 heterocycles. The molecule has 0 aliphatic rings. The Hall–Kier alpha value is -6.12. The summed E-state index contributed by atoms with van der Waals surface area (Å²) in [6.45, 7) is 0. The molecule has 0 spiro atoms. The Morgan fingerprint density at radius 2 is 0.804 bits per heavy atom. The van der Waals surface area contributed by atoms with E-state index in [9.17, 15) is 0 Å². The summed E-state index contributed by atoms with van der Waals surface area (Å²) >= 11 is 0. The average Bonchev–Trinajstić information content (AvgIpc) is 3.13. The molecule has 7 aromatic carbocycles. The van der Waals surface area contributed by atoms with Crippen LogP contribution in [0.15, 0.2) is 170 Å². The van der Waals surface area contributed by atoms with Gasteiger partial charge in [-0.2, -0.15) is 0 Å². The SMILES string of the molecule is c1ccc2cc(-c3ccc4nc(-c5ccc6ccccc6c5)cc(-c5ccc(-c6ccc7ccccc7n6)cc5)c4c3)ccc2c1. The highest BCUT2D eigenvalue weighted by Crippen LogP contribution is 2.37. The monoisotopic (exact) mass is 584 g/mol. The van der Waals surface area contributed by atoms with Crippen LogP contribution in [0.5, 0.6) is 0 Å². The summed E-state index contributed by atoms with van der Waals surface area (Å²) in [4.78, 5) is 10.1. The van der Waals surface area contributed by atoms with Crippen molar-refractivity contribution >= 4 is 43.4 Å². The molecule has 0 fully saturated rings. The fourth-order valence-corrected chi connectivity index (χ4v) is 6.56. The van der Waals surface area contributed by atoms with E-state index in [0.717, 1.165) is 55.4 Å². The molecule has 0 radical (unpaired) electrons. The molecule has 0 bridgehead atoms. The van der Waals surface area contributed by atoms with Crippen molar-refractivity contribution in [3.8, 4) is 44.8 Å². The standard InChI is InChI=1S/C44H28N2/c1-3-10-34-25-36(19-13-29(34)7-1)37-22-24-43-40(27-37)39(28-44(46-43)38-20-14-30-8-2-4-11-35(30)26-38)31-15-17-33(18-16-31)42-23-21-32-9-5-6-12-41(32)45-42/h1-28H. The zero-order valence-electron chi connectivity index (χ0n) is 25.1. The maximum Gasteiger partial charge on any atom is 0.0716 e. The van der Waals surface area contributed by atoms with Crippen LogP contribution in [0.2, 0.25) is 0 Å². The normalized spacial score (nSPS) is 11.5. The van der Waals surface area contributed by atoms with Gasteiger partial charge < -0.3 is 0 Å². The number of para-hydroxylation sites is 1. The van der Waals surface area contributed by atoms with Crippen molar-refractivity contribution in [2.45, 2.75) is 0 Å². The minimum absolute atomic E-state index is 0.965. The number of hydrogen-bond acceptors (Lipinski definition) is 2. The summed E-state index contributed by atoms with van der Waals surface area (Å²) in [6, 6.07) is 60.5. The van der Waals surface area contributed by atoms with Crippen molar-refractivity contribution in [3.63, 3.8) is 0 Å². The topological polar surface area (TPSA) is 25.8 Å². The van der Waals surface area contributed by atoms with Crippen LogP contribution in [0.25, 0.3) is 88.1 Å². The van der Waals surface area contributed by atoms with Gasteiger partial charge in [0, 0.05) is 21.9 Å². The Labute approximate surface area is 267 Å². The number of nitrogens with zero attached hydrogens (tertiary/aromatic N) is 2. The van der Waals surface area contributed by atoms with Crippen LogP contribution in [0, 0.1) is 0 Å². The molecule has 9 aromatic rings. The minimum Gasteiger partial charge on any atom is -0.248 e. The summed E-state index contributed by atoms with van der Waals surface area (Å²) in [5.41, 5.74) is 10.8. The van der Waals surface area contributed by atoms with E-state index >= 15 is 0 Å². The molecule has 0 saturated heterocycles. The molecule has 2 aromatic heterocycles. The first-order chi connectivity index (χ1) is 22.7. The summed E-state index contributed by atoms with van der Waals surface area (Å²) in [6.07, 6.45) is 0. The minimum atomic E-state index is 0.965. The lowest BCUT2D eigenvalue weighted by Gasteiger charge is -2.14. The van der Waals surface area contributed by atoms with E-state index in [2.05, 4.69) is 164 Å². The lowest BCUT2D eigenvalue weighted by Crippen LogP contribution is -1.92. The van der Waals surface area contributed by atoms with Crippen LogP contribution in [0.1, 0.15) is 0 Å². The maximum atomic E-state index is 5.21. The zero-order valence-corrected chi connectivity index (χ0v) is 25.1. The smallest absolute Gasteiger partial charge is 0.0716 e. The van der Waals surface area contributed by atoms with Gasteiger partial charge in [-0.1, -0.05) is 127 Å². The van der Waals surface area contributed by atoms with Crippen molar-refractivity contribution in [2.24, 2.45) is 0 Å². The van der Waals surface area contributed by atoms with E-state index < -0.39 is 0 Å². The second kappa shape index (κ2) is 10.8. The number of pyridine rings is 2. The fourth-order valence-electron chi connectivity index (χ4n) is 6.56. The molecular weight excluding hydrogens is 556 g/mol. The van der Waals surface area contributed by atoms with Gasteiger partial charge in [-0.3, -0.25) is 0 Å². The Kier molecular flexibility index (Phi) is 6.17. The van der Waals surface area contributed by atoms with Crippen molar-refractivity contribution in [1.29, 1.82) is 0 Å². The molecule has 2 nitrogen and oxygen atoms in total. The average molecular weight is 585 g/mol. The van der Waals surface area contributed by atoms with Gasteiger partial charge in [0.2, 0.25) is 0 Å². The highest BCUT2D eigenvalue weighted by Gasteiger charge is 2.13. The second-order valence-corrected chi connectivity index (χ2v) is 11.9. The van der Waals surface area contributed by atoms with E-state index in [1.807, 2.05) is 6.07 Å². The number of rotatable bonds is 4. The molecule has 0 saturated carbocycles. The summed E-state index contributed by atoms with van der Waals surface area (Å²) in [5, 5.41) is 7.20. The first-order valence-corrected chi connectivity index (χ1v) is 15.6. The van der Waals surface area contributed by atoms with E-state index in [-0.39, 0.29) is 0 Å². The number of benzene rings is 7. The molecule has 0 aliphatic carbocycles. The van der Waals surface area contributed by atoms with Crippen molar-refractivity contribution < 1.29 is 0 Å². The van der Waals surface area contributed by atoms with E-state index in [4.69, 9.17) is 9.97 Å². The number of fused-ring (bicyclic) bond motifs is 4. The molecule has 9 rings (SSSR count). The van der Waals surface area contributed by atoms with Gasteiger partial charge >= 0.3 is 0 Å². The Bertz CT molecular complexity index is 2580. The summed E-state index contributed by atoms with van der Waals surface area (Å²) in [7, 11) is 0. The van der Waals surface area contributed by atoms with Crippen LogP contribution in [-0.4, -0.2) is 9.97 Å². The molecular formula is C44H28N2.